The Hall–Kier alpha value is -2.60. The maximum absolute atomic E-state index is 13.3. The molecule has 36 heavy (non-hydrogen) atoms. The van der Waals surface area contributed by atoms with Gasteiger partial charge in [-0.15, -0.1) is 0 Å². The number of thiocarbonyl (C=S) groups is 1. The van der Waals surface area contributed by atoms with Crippen molar-refractivity contribution in [1.82, 2.24) is 9.62 Å². The van der Waals surface area contributed by atoms with Gasteiger partial charge in [0.25, 0.3) is 0 Å². The second kappa shape index (κ2) is 11.2. The van der Waals surface area contributed by atoms with Gasteiger partial charge in [-0.1, -0.05) is 18.9 Å². The zero-order valence-corrected chi connectivity index (χ0v) is 21.8. The number of sulfonamides is 1. The van der Waals surface area contributed by atoms with Crippen LogP contribution in [-0.2, 0) is 21.3 Å². The van der Waals surface area contributed by atoms with Crippen LogP contribution in [0.3, 0.4) is 0 Å². The summed E-state index contributed by atoms with van der Waals surface area (Å²) in [4.78, 5) is 2.57. The third kappa shape index (κ3) is 5.69. The molecule has 2 fully saturated rings. The zero-order valence-electron chi connectivity index (χ0n) is 20.2. The normalized spacial score (nSPS) is 18.5. The van der Waals surface area contributed by atoms with E-state index in [-0.39, 0.29) is 11.7 Å². The van der Waals surface area contributed by atoms with E-state index in [2.05, 4.69) is 15.5 Å². The van der Waals surface area contributed by atoms with Crippen LogP contribution in [0.15, 0.2) is 41.3 Å². The third-order valence-electron chi connectivity index (χ3n) is 6.66. The maximum atomic E-state index is 13.3. The number of rotatable bonds is 6. The number of morpholine rings is 1. The highest BCUT2D eigenvalue weighted by Gasteiger charge is 2.28. The number of anilines is 2. The number of fused-ring (bicyclic) bond motifs is 1. The first kappa shape index (κ1) is 25.1. The molecule has 11 heteroatoms. The molecule has 0 amide bonds. The van der Waals surface area contributed by atoms with E-state index in [0.29, 0.717) is 43.6 Å². The molecule has 5 rings (SSSR count). The standard InChI is InChI=1S/C25H32N4O5S2/c30-36(31,29-11-13-32-14-12-29)20-6-7-22(28-9-3-1-2-4-10-28)21(16-20)27-25(35)26-17-19-5-8-23-24(15-19)34-18-33-23/h5-8,15-16H,1-4,9-14,17-18H2,(H2,26,27,35). The van der Waals surface area contributed by atoms with Crippen LogP contribution in [0, 0.1) is 0 Å². The lowest BCUT2D eigenvalue weighted by molar-refractivity contribution is 0.0730. The van der Waals surface area contributed by atoms with Crippen molar-refractivity contribution < 1.29 is 22.6 Å². The first-order valence-corrected chi connectivity index (χ1v) is 14.3. The number of ether oxygens (including phenoxy) is 3. The van der Waals surface area contributed by atoms with Gasteiger partial charge in [-0.05, 0) is 61.0 Å². The molecule has 3 heterocycles. The molecule has 0 aliphatic carbocycles. The van der Waals surface area contributed by atoms with Gasteiger partial charge in [-0.25, -0.2) is 8.42 Å². The lowest BCUT2D eigenvalue weighted by Gasteiger charge is -2.28. The number of benzene rings is 2. The largest absolute Gasteiger partial charge is 0.454 e. The highest BCUT2D eigenvalue weighted by atomic mass is 32.2. The lowest BCUT2D eigenvalue weighted by atomic mass is 10.2. The van der Waals surface area contributed by atoms with Crippen molar-refractivity contribution in [3.05, 3.63) is 42.0 Å². The van der Waals surface area contributed by atoms with Crippen molar-refractivity contribution in [2.75, 3.05) is 56.4 Å². The van der Waals surface area contributed by atoms with Gasteiger partial charge in [0.1, 0.15) is 0 Å². The quantitative estimate of drug-likeness (QED) is 0.544. The minimum atomic E-state index is -3.63. The SMILES string of the molecule is O=S(=O)(c1ccc(N2CCCCCC2)c(NC(=S)NCc2ccc3c(c2)OCO3)c1)N1CCOCC1. The maximum Gasteiger partial charge on any atom is 0.243 e. The third-order valence-corrected chi connectivity index (χ3v) is 8.80. The van der Waals surface area contributed by atoms with Crippen LogP contribution in [0.2, 0.25) is 0 Å². The molecular formula is C25H32N4O5S2. The van der Waals surface area contributed by atoms with Crippen molar-refractivity contribution in [2.45, 2.75) is 37.1 Å². The molecule has 2 aromatic rings. The number of hydrogen-bond donors (Lipinski definition) is 2. The van der Waals surface area contributed by atoms with Gasteiger partial charge < -0.3 is 29.7 Å². The van der Waals surface area contributed by atoms with Gasteiger partial charge in [0.2, 0.25) is 16.8 Å². The first-order chi connectivity index (χ1) is 17.5. The topological polar surface area (TPSA) is 92.4 Å². The summed E-state index contributed by atoms with van der Waals surface area (Å²) in [5.41, 5.74) is 2.65. The molecule has 9 nitrogen and oxygen atoms in total. The van der Waals surface area contributed by atoms with Crippen molar-refractivity contribution >= 4 is 38.7 Å². The summed E-state index contributed by atoms with van der Waals surface area (Å²) >= 11 is 5.61. The zero-order chi connectivity index (χ0) is 25.0. The molecule has 194 valence electrons. The minimum Gasteiger partial charge on any atom is -0.454 e. The van der Waals surface area contributed by atoms with E-state index in [4.69, 9.17) is 26.4 Å². The van der Waals surface area contributed by atoms with Gasteiger partial charge in [0.05, 0.1) is 29.5 Å². The number of nitrogens with one attached hydrogen (secondary N) is 2. The molecule has 0 radical (unpaired) electrons. The van der Waals surface area contributed by atoms with E-state index in [1.54, 1.807) is 12.1 Å². The molecule has 0 aromatic heterocycles. The predicted molar refractivity (Wildman–Crippen MR) is 142 cm³/mol. The molecule has 0 saturated carbocycles. The highest BCUT2D eigenvalue weighted by Crippen LogP contribution is 2.33. The Balaban J connectivity index is 1.35. The van der Waals surface area contributed by atoms with E-state index < -0.39 is 10.0 Å². The molecule has 0 unspecified atom stereocenters. The number of hydrogen-bond acceptors (Lipinski definition) is 7. The minimum absolute atomic E-state index is 0.231. The van der Waals surface area contributed by atoms with Crippen molar-refractivity contribution in [2.24, 2.45) is 0 Å². The summed E-state index contributed by atoms with van der Waals surface area (Å²) in [5, 5.41) is 6.93. The monoisotopic (exact) mass is 532 g/mol. The first-order valence-electron chi connectivity index (χ1n) is 12.4. The Bertz CT molecular complexity index is 1190. The molecule has 3 aliphatic heterocycles. The molecule has 2 aromatic carbocycles. The van der Waals surface area contributed by atoms with Crippen molar-refractivity contribution in [1.29, 1.82) is 0 Å². The van der Waals surface area contributed by atoms with Crippen LogP contribution in [0.5, 0.6) is 11.5 Å². The van der Waals surface area contributed by atoms with Crippen LogP contribution in [-0.4, -0.2) is 64.0 Å². The fourth-order valence-corrected chi connectivity index (χ4v) is 6.32. The Morgan fingerprint density at radius 2 is 1.67 bits per heavy atom. The average Bonchev–Trinajstić information content (AvgIpc) is 3.20. The van der Waals surface area contributed by atoms with E-state index in [1.165, 1.54) is 17.1 Å². The number of nitrogens with zero attached hydrogens (tertiary/aromatic N) is 2. The summed E-state index contributed by atoms with van der Waals surface area (Å²) in [6.07, 6.45) is 4.64. The Kier molecular flexibility index (Phi) is 7.80. The summed E-state index contributed by atoms with van der Waals surface area (Å²) in [7, 11) is -3.63. The molecule has 0 bridgehead atoms. The van der Waals surface area contributed by atoms with Gasteiger partial charge in [-0.2, -0.15) is 4.31 Å². The molecule has 2 saturated heterocycles. The fraction of sp³-hybridized carbons (Fsp3) is 0.480. The Morgan fingerprint density at radius 1 is 0.917 bits per heavy atom. The molecule has 3 aliphatic rings. The van der Waals surface area contributed by atoms with Gasteiger partial charge in [-0.3, -0.25) is 0 Å². The van der Waals surface area contributed by atoms with Gasteiger partial charge in [0, 0.05) is 32.7 Å². The van der Waals surface area contributed by atoms with Crippen LogP contribution in [0.25, 0.3) is 0 Å². The summed E-state index contributed by atoms with van der Waals surface area (Å²) in [6.45, 7) is 4.11. The van der Waals surface area contributed by atoms with E-state index >= 15 is 0 Å². The lowest BCUT2D eigenvalue weighted by Crippen LogP contribution is -2.40. The van der Waals surface area contributed by atoms with Crippen LogP contribution in [0.1, 0.15) is 31.2 Å². The van der Waals surface area contributed by atoms with Crippen LogP contribution in [0.4, 0.5) is 11.4 Å². The van der Waals surface area contributed by atoms with Gasteiger partial charge >= 0.3 is 0 Å². The molecule has 0 spiro atoms. The van der Waals surface area contributed by atoms with E-state index in [1.807, 2.05) is 24.3 Å². The van der Waals surface area contributed by atoms with E-state index in [9.17, 15) is 8.42 Å². The second-order valence-corrected chi connectivity index (χ2v) is 11.4. The molecule has 2 N–H and O–H groups in total. The summed E-state index contributed by atoms with van der Waals surface area (Å²) < 4.78 is 44.3. The van der Waals surface area contributed by atoms with Crippen LogP contribution >= 0.6 is 12.2 Å². The fourth-order valence-electron chi connectivity index (χ4n) is 4.70. The predicted octanol–water partition coefficient (Wildman–Crippen LogP) is 3.30. The van der Waals surface area contributed by atoms with Crippen molar-refractivity contribution in [3.63, 3.8) is 0 Å². The molecule has 0 atom stereocenters. The van der Waals surface area contributed by atoms with E-state index in [0.717, 1.165) is 48.7 Å². The average molecular weight is 533 g/mol. The van der Waals surface area contributed by atoms with Crippen molar-refractivity contribution in [3.8, 4) is 11.5 Å². The summed E-state index contributed by atoms with van der Waals surface area (Å²) in [6, 6.07) is 11.1. The Labute approximate surface area is 217 Å². The summed E-state index contributed by atoms with van der Waals surface area (Å²) in [5.74, 6) is 1.46. The molecular weight excluding hydrogens is 500 g/mol. The highest BCUT2D eigenvalue weighted by molar-refractivity contribution is 7.89. The second-order valence-electron chi connectivity index (χ2n) is 9.09. The Morgan fingerprint density at radius 3 is 2.44 bits per heavy atom. The smallest absolute Gasteiger partial charge is 0.243 e. The van der Waals surface area contributed by atoms with Gasteiger partial charge in [0.15, 0.2) is 16.6 Å². The van der Waals surface area contributed by atoms with Crippen LogP contribution < -0.4 is 25.0 Å².